The third-order valence-corrected chi connectivity index (χ3v) is 2.28. The van der Waals surface area contributed by atoms with Crippen LogP contribution in [0.1, 0.15) is 37.0 Å². The number of rotatable bonds is 4. The van der Waals surface area contributed by atoms with Crippen molar-refractivity contribution >= 4 is 18.3 Å². The summed E-state index contributed by atoms with van der Waals surface area (Å²) >= 11 is 0. The number of nitrogens with one attached hydrogen (secondary N) is 3. The summed E-state index contributed by atoms with van der Waals surface area (Å²) in [5.41, 5.74) is 1.39. The number of carbonyl (C=O) groups excluding carboxylic acids is 1. The summed E-state index contributed by atoms with van der Waals surface area (Å²) in [7, 11) is 1.85. The molecule has 98 valence electrons. The summed E-state index contributed by atoms with van der Waals surface area (Å²) in [6.45, 7) is 7.57. The maximum Gasteiger partial charge on any atom is 0.271 e. The number of aromatic nitrogens is 2. The lowest BCUT2D eigenvalue weighted by Gasteiger charge is -2.14. The van der Waals surface area contributed by atoms with Crippen LogP contribution in [0.25, 0.3) is 0 Å². The Bertz CT molecular complexity index is 357. The van der Waals surface area contributed by atoms with Crippen molar-refractivity contribution < 1.29 is 4.79 Å². The lowest BCUT2D eigenvalue weighted by atomic mass is 9.92. The lowest BCUT2D eigenvalue weighted by Crippen LogP contribution is -2.30. The number of H-pyrrole nitrogens is 1. The van der Waals surface area contributed by atoms with Crippen molar-refractivity contribution in [3.05, 3.63) is 17.5 Å². The van der Waals surface area contributed by atoms with Gasteiger partial charge in [0.05, 0.1) is 0 Å². The van der Waals surface area contributed by atoms with Crippen LogP contribution < -0.4 is 10.6 Å². The summed E-state index contributed by atoms with van der Waals surface area (Å²) < 4.78 is 0. The highest BCUT2D eigenvalue weighted by Gasteiger charge is 2.18. The Balaban J connectivity index is 0.00000256. The normalized spacial score (nSPS) is 10.8. The van der Waals surface area contributed by atoms with Crippen LogP contribution in [0.5, 0.6) is 0 Å². The van der Waals surface area contributed by atoms with Gasteiger partial charge in [0.1, 0.15) is 5.69 Å². The molecule has 0 saturated carbocycles. The van der Waals surface area contributed by atoms with E-state index in [2.05, 4.69) is 41.6 Å². The average Bonchev–Trinajstić information content (AvgIpc) is 2.66. The first-order valence-electron chi connectivity index (χ1n) is 5.44. The van der Waals surface area contributed by atoms with Crippen LogP contribution in [0.4, 0.5) is 0 Å². The quantitative estimate of drug-likeness (QED) is 0.710. The van der Waals surface area contributed by atoms with E-state index in [9.17, 15) is 4.79 Å². The standard InChI is InChI=1S/C11H20N4O.ClH/c1-11(2,3)9-7-8(14-15-9)10(16)13-6-5-12-4;/h7,12H,5-6H2,1-4H3,(H,13,16)(H,14,15);1H. The van der Waals surface area contributed by atoms with E-state index in [0.29, 0.717) is 12.2 Å². The average molecular weight is 261 g/mol. The molecule has 0 atom stereocenters. The van der Waals surface area contributed by atoms with Crippen LogP contribution in [0.15, 0.2) is 6.07 Å². The van der Waals surface area contributed by atoms with Crippen LogP contribution in [-0.2, 0) is 5.41 Å². The van der Waals surface area contributed by atoms with E-state index in [0.717, 1.165) is 12.2 Å². The number of likely N-dealkylation sites (N-methyl/N-ethyl adjacent to an activating group) is 1. The molecule has 0 aliphatic rings. The van der Waals surface area contributed by atoms with Crippen LogP contribution in [0.2, 0.25) is 0 Å². The number of amides is 1. The van der Waals surface area contributed by atoms with Gasteiger partial charge < -0.3 is 10.6 Å². The fraction of sp³-hybridized carbons (Fsp3) is 0.636. The number of nitrogens with zero attached hydrogens (tertiary/aromatic N) is 1. The minimum absolute atomic E-state index is 0. The van der Waals surface area contributed by atoms with Crippen molar-refractivity contribution in [3.8, 4) is 0 Å². The maximum atomic E-state index is 11.6. The van der Waals surface area contributed by atoms with Gasteiger partial charge in [-0.2, -0.15) is 5.10 Å². The molecule has 0 unspecified atom stereocenters. The van der Waals surface area contributed by atoms with E-state index in [1.807, 2.05) is 7.05 Å². The molecule has 1 heterocycles. The van der Waals surface area contributed by atoms with E-state index < -0.39 is 0 Å². The maximum absolute atomic E-state index is 11.6. The molecular formula is C11H21ClN4O. The molecule has 0 aromatic carbocycles. The Morgan fingerprint density at radius 1 is 1.41 bits per heavy atom. The molecule has 0 fully saturated rings. The third-order valence-electron chi connectivity index (χ3n) is 2.28. The van der Waals surface area contributed by atoms with E-state index >= 15 is 0 Å². The van der Waals surface area contributed by atoms with Crippen LogP contribution in [0, 0.1) is 0 Å². The minimum Gasteiger partial charge on any atom is -0.349 e. The Morgan fingerprint density at radius 3 is 2.53 bits per heavy atom. The smallest absolute Gasteiger partial charge is 0.271 e. The second-order valence-corrected chi connectivity index (χ2v) is 4.78. The van der Waals surface area contributed by atoms with E-state index in [4.69, 9.17) is 0 Å². The number of aromatic amines is 1. The SMILES string of the molecule is CNCCNC(=O)c1cc(C(C)(C)C)[nH]n1.Cl. The van der Waals surface area contributed by atoms with E-state index in [1.54, 1.807) is 6.07 Å². The molecule has 3 N–H and O–H groups in total. The number of carbonyl (C=O) groups is 1. The highest BCUT2D eigenvalue weighted by atomic mass is 35.5. The minimum atomic E-state index is -0.137. The molecule has 0 aliphatic carbocycles. The van der Waals surface area contributed by atoms with Gasteiger partial charge in [-0.3, -0.25) is 9.89 Å². The van der Waals surface area contributed by atoms with Crippen LogP contribution in [0.3, 0.4) is 0 Å². The first-order chi connectivity index (χ1) is 7.45. The molecule has 1 amide bonds. The molecule has 1 aromatic rings. The zero-order valence-electron chi connectivity index (χ0n) is 10.8. The van der Waals surface area contributed by atoms with Gasteiger partial charge in [0, 0.05) is 24.2 Å². The van der Waals surface area contributed by atoms with Crippen molar-refractivity contribution in [1.82, 2.24) is 20.8 Å². The Labute approximate surface area is 108 Å². The van der Waals surface area contributed by atoms with E-state index in [-0.39, 0.29) is 23.7 Å². The summed E-state index contributed by atoms with van der Waals surface area (Å²) in [5.74, 6) is -0.137. The second-order valence-electron chi connectivity index (χ2n) is 4.78. The molecular weight excluding hydrogens is 240 g/mol. The molecule has 0 bridgehead atoms. The fourth-order valence-corrected chi connectivity index (χ4v) is 1.21. The first kappa shape index (κ1) is 15.9. The van der Waals surface area contributed by atoms with Crippen molar-refractivity contribution in [1.29, 1.82) is 0 Å². The van der Waals surface area contributed by atoms with Gasteiger partial charge in [0.2, 0.25) is 0 Å². The predicted molar refractivity (Wildman–Crippen MR) is 70.8 cm³/mol. The molecule has 0 radical (unpaired) electrons. The monoisotopic (exact) mass is 260 g/mol. The molecule has 0 saturated heterocycles. The molecule has 6 heteroatoms. The molecule has 1 rings (SSSR count). The van der Waals surface area contributed by atoms with Gasteiger partial charge in [0.15, 0.2) is 0 Å². The zero-order valence-corrected chi connectivity index (χ0v) is 11.6. The molecule has 5 nitrogen and oxygen atoms in total. The summed E-state index contributed by atoms with van der Waals surface area (Å²) in [5, 5.41) is 12.6. The summed E-state index contributed by atoms with van der Waals surface area (Å²) in [6, 6.07) is 1.80. The largest absolute Gasteiger partial charge is 0.349 e. The lowest BCUT2D eigenvalue weighted by molar-refractivity contribution is 0.0949. The Hall–Kier alpha value is -1.07. The predicted octanol–water partition coefficient (Wildman–Crippen LogP) is 1.08. The Kier molecular flexibility index (Phi) is 6.20. The van der Waals surface area contributed by atoms with Crippen molar-refractivity contribution in [3.63, 3.8) is 0 Å². The zero-order chi connectivity index (χ0) is 12.2. The molecule has 0 spiro atoms. The second kappa shape index (κ2) is 6.61. The van der Waals surface area contributed by atoms with E-state index in [1.165, 1.54) is 0 Å². The van der Waals surface area contributed by atoms with Gasteiger partial charge in [-0.05, 0) is 13.1 Å². The van der Waals surface area contributed by atoms with Gasteiger partial charge in [0.25, 0.3) is 5.91 Å². The highest BCUT2D eigenvalue weighted by Crippen LogP contribution is 2.19. The summed E-state index contributed by atoms with van der Waals surface area (Å²) in [4.78, 5) is 11.6. The number of hydrogen-bond donors (Lipinski definition) is 3. The summed E-state index contributed by atoms with van der Waals surface area (Å²) in [6.07, 6.45) is 0. The molecule has 17 heavy (non-hydrogen) atoms. The van der Waals surface area contributed by atoms with Crippen molar-refractivity contribution in [2.45, 2.75) is 26.2 Å². The van der Waals surface area contributed by atoms with Crippen LogP contribution in [-0.4, -0.2) is 36.2 Å². The molecule has 0 aliphatic heterocycles. The van der Waals surface area contributed by atoms with Gasteiger partial charge >= 0.3 is 0 Å². The van der Waals surface area contributed by atoms with Gasteiger partial charge in [-0.25, -0.2) is 0 Å². The van der Waals surface area contributed by atoms with Gasteiger partial charge in [-0.1, -0.05) is 20.8 Å². The Morgan fingerprint density at radius 2 is 2.06 bits per heavy atom. The number of halogens is 1. The fourth-order valence-electron chi connectivity index (χ4n) is 1.21. The van der Waals surface area contributed by atoms with Crippen molar-refractivity contribution in [2.24, 2.45) is 0 Å². The van der Waals surface area contributed by atoms with Crippen molar-refractivity contribution in [2.75, 3.05) is 20.1 Å². The topological polar surface area (TPSA) is 69.8 Å². The van der Waals surface area contributed by atoms with Crippen LogP contribution >= 0.6 is 12.4 Å². The highest BCUT2D eigenvalue weighted by molar-refractivity contribution is 5.92. The third kappa shape index (κ3) is 4.75. The van der Waals surface area contributed by atoms with Gasteiger partial charge in [-0.15, -0.1) is 12.4 Å². The number of hydrogen-bond acceptors (Lipinski definition) is 3. The molecule has 1 aromatic heterocycles. The first-order valence-corrected chi connectivity index (χ1v) is 5.44.